The number of anilines is 1. The van der Waals surface area contributed by atoms with Gasteiger partial charge in [0.2, 0.25) is 0 Å². The molecule has 0 radical (unpaired) electrons. The summed E-state index contributed by atoms with van der Waals surface area (Å²) in [6.07, 6.45) is 0. The SMILES string of the molecule is COc1cc(Oc2ccccc2)cc(-c2ccc3c(n2)C(=O)N(c2ccc(OCCN4CCNCC4)c(OC)c2)C3)c1. The van der Waals surface area contributed by atoms with Crippen molar-refractivity contribution >= 4 is 11.6 Å². The molecule has 1 saturated heterocycles. The minimum Gasteiger partial charge on any atom is -0.497 e. The Kier molecular flexibility index (Phi) is 8.21. The van der Waals surface area contributed by atoms with Crippen LogP contribution < -0.4 is 29.2 Å². The predicted molar refractivity (Wildman–Crippen MR) is 161 cm³/mol. The van der Waals surface area contributed by atoms with E-state index in [0.717, 1.165) is 55.3 Å². The highest BCUT2D eigenvalue weighted by atomic mass is 16.5. The summed E-state index contributed by atoms with van der Waals surface area (Å²) in [7, 11) is 3.22. The van der Waals surface area contributed by atoms with Crippen molar-refractivity contribution in [3.05, 3.63) is 90.1 Å². The minimum absolute atomic E-state index is 0.162. The zero-order valence-electron chi connectivity index (χ0n) is 23.8. The Morgan fingerprint density at radius 2 is 1.64 bits per heavy atom. The Hall–Kier alpha value is -4.60. The second-order valence-corrected chi connectivity index (χ2v) is 10.2. The number of methoxy groups -OCH3 is 2. The highest BCUT2D eigenvalue weighted by molar-refractivity contribution is 6.09. The molecule has 3 heterocycles. The number of benzene rings is 3. The summed E-state index contributed by atoms with van der Waals surface area (Å²) in [4.78, 5) is 22.4. The smallest absolute Gasteiger partial charge is 0.277 e. The van der Waals surface area contributed by atoms with E-state index in [9.17, 15) is 4.79 Å². The van der Waals surface area contributed by atoms with Gasteiger partial charge in [-0.3, -0.25) is 9.69 Å². The van der Waals surface area contributed by atoms with Gasteiger partial charge in [0.05, 0.1) is 26.5 Å². The Balaban J connectivity index is 1.19. The third-order valence-corrected chi connectivity index (χ3v) is 7.48. The first-order chi connectivity index (χ1) is 20.6. The van der Waals surface area contributed by atoms with Gasteiger partial charge < -0.3 is 29.2 Å². The molecule has 2 aliphatic heterocycles. The van der Waals surface area contributed by atoms with Crippen LogP contribution in [-0.4, -0.2) is 69.3 Å². The summed E-state index contributed by atoms with van der Waals surface area (Å²) in [5.74, 6) is 3.06. The van der Waals surface area contributed by atoms with E-state index in [0.29, 0.717) is 47.5 Å². The number of rotatable bonds is 10. The molecule has 0 saturated carbocycles. The number of carbonyl (C=O) groups is 1. The van der Waals surface area contributed by atoms with Gasteiger partial charge in [-0.05, 0) is 42.5 Å². The number of nitrogens with zero attached hydrogens (tertiary/aromatic N) is 3. The molecule has 1 N–H and O–H groups in total. The third-order valence-electron chi connectivity index (χ3n) is 7.48. The molecule has 0 bridgehead atoms. The lowest BCUT2D eigenvalue weighted by Gasteiger charge is -2.27. The van der Waals surface area contributed by atoms with Crippen molar-refractivity contribution in [3.8, 4) is 40.0 Å². The van der Waals surface area contributed by atoms with E-state index in [1.54, 1.807) is 19.1 Å². The summed E-state index contributed by atoms with van der Waals surface area (Å²) in [5.41, 5.74) is 3.47. The third kappa shape index (κ3) is 6.02. The first kappa shape index (κ1) is 27.6. The van der Waals surface area contributed by atoms with Gasteiger partial charge >= 0.3 is 0 Å². The number of fused-ring (bicyclic) bond motifs is 1. The molecule has 0 spiro atoms. The van der Waals surface area contributed by atoms with Crippen molar-refractivity contribution in [3.63, 3.8) is 0 Å². The maximum Gasteiger partial charge on any atom is 0.277 e. The van der Waals surface area contributed by atoms with Gasteiger partial charge in [-0.2, -0.15) is 0 Å². The fourth-order valence-electron chi connectivity index (χ4n) is 5.22. The van der Waals surface area contributed by atoms with Gasteiger partial charge in [0.15, 0.2) is 11.5 Å². The Labute approximate surface area is 245 Å². The Morgan fingerprint density at radius 3 is 2.43 bits per heavy atom. The fourth-order valence-corrected chi connectivity index (χ4v) is 5.22. The molecule has 2 aliphatic rings. The van der Waals surface area contributed by atoms with Crippen LogP contribution in [0.4, 0.5) is 5.69 Å². The van der Waals surface area contributed by atoms with Crippen LogP contribution in [0.25, 0.3) is 11.3 Å². The summed E-state index contributed by atoms with van der Waals surface area (Å²) in [5, 5.41) is 3.36. The van der Waals surface area contributed by atoms with Crippen LogP contribution in [0.5, 0.6) is 28.7 Å². The van der Waals surface area contributed by atoms with Crippen molar-refractivity contribution in [1.29, 1.82) is 0 Å². The van der Waals surface area contributed by atoms with Crippen LogP contribution in [0.1, 0.15) is 16.1 Å². The van der Waals surface area contributed by atoms with Crippen LogP contribution >= 0.6 is 0 Å². The van der Waals surface area contributed by atoms with Crippen molar-refractivity contribution in [2.45, 2.75) is 6.54 Å². The highest BCUT2D eigenvalue weighted by Gasteiger charge is 2.31. The number of nitrogens with one attached hydrogen (secondary N) is 1. The number of pyridine rings is 1. The maximum atomic E-state index is 13.6. The standard InChI is InChI=1S/C33H34N4O5/c1-39-27-18-24(19-28(21-27)42-26-6-4-3-5-7-26)29-10-8-23-22-37(33(38)32(23)35-29)25-9-11-30(31(20-25)40-2)41-17-16-36-14-12-34-13-15-36/h3-11,18-21,34H,12-17,22H2,1-2H3. The number of piperazine rings is 1. The van der Waals surface area contributed by atoms with Gasteiger partial charge in [0, 0.05) is 61.7 Å². The van der Waals surface area contributed by atoms with Crippen LogP contribution in [0, 0.1) is 0 Å². The second kappa shape index (κ2) is 12.5. The van der Waals surface area contributed by atoms with Crippen LogP contribution in [-0.2, 0) is 6.54 Å². The molecule has 42 heavy (non-hydrogen) atoms. The lowest BCUT2D eigenvalue weighted by atomic mass is 10.1. The molecule has 0 atom stereocenters. The monoisotopic (exact) mass is 566 g/mol. The zero-order valence-corrected chi connectivity index (χ0v) is 23.8. The van der Waals surface area contributed by atoms with E-state index < -0.39 is 0 Å². The number of para-hydroxylation sites is 1. The van der Waals surface area contributed by atoms with E-state index in [2.05, 4.69) is 10.2 Å². The average molecular weight is 567 g/mol. The number of hydrogen-bond acceptors (Lipinski definition) is 8. The molecule has 0 unspecified atom stereocenters. The molecule has 9 nitrogen and oxygen atoms in total. The molecule has 216 valence electrons. The highest BCUT2D eigenvalue weighted by Crippen LogP contribution is 2.37. The maximum absolute atomic E-state index is 13.6. The number of carbonyl (C=O) groups excluding carboxylic acids is 1. The zero-order chi connectivity index (χ0) is 28.9. The number of aromatic nitrogens is 1. The Bertz CT molecular complexity index is 1560. The van der Waals surface area contributed by atoms with Crippen molar-refractivity contribution in [1.82, 2.24) is 15.2 Å². The number of hydrogen-bond donors (Lipinski definition) is 1. The molecular weight excluding hydrogens is 532 g/mol. The van der Waals surface area contributed by atoms with Gasteiger partial charge in [0.25, 0.3) is 5.91 Å². The summed E-state index contributed by atoms with van der Waals surface area (Å²) in [6, 6.07) is 24.6. The van der Waals surface area contributed by atoms with Crippen molar-refractivity contribution in [2.75, 3.05) is 58.5 Å². The molecule has 1 amide bonds. The van der Waals surface area contributed by atoms with Crippen LogP contribution in [0.3, 0.4) is 0 Å². The van der Waals surface area contributed by atoms with Crippen molar-refractivity contribution < 1.29 is 23.7 Å². The Morgan fingerprint density at radius 1 is 0.833 bits per heavy atom. The first-order valence-electron chi connectivity index (χ1n) is 14.1. The lowest BCUT2D eigenvalue weighted by molar-refractivity contribution is 0.0992. The topological polar surface area (TPSA) is 85.4 Å². The molecule has 0 aliphatic carbocycles. The molecular formula is C33H34N4O5. The van der Waals surface area contributed by atoms with E-state index in [1.165, 1.54) is 0 Å². The van der Waals surface area contributed by atoms with Crippen LogP contribution in [0.15, 0.2) is 78.9 Å². The second-order valence-electron chi connectivity index (χ2n) is 10.2. The van der Waals surface area contributed by atoms with E-state index in [1.807, 2.05) is 78.9 Å². The predicted octanol–water partition coefficient (Wildman–Crippen LogP) is 5.00. The van der Waals surface area contributed by atoms with Gasteiger partial charge in [0.1, 0.15) is 29.5 Å². The summed E-state index contributed by atoms with van der Waals surface area (Å²) in [6.45, 7) is 5.90. The normalized spacial score (nSPS) is 14.9. The fraction of sp³-hybridized carbons (Fsp3) is 0.273. The van der Waals surface area contributed by atoms with Gasteiger partial charge in [-0.1, -0.05) is 24.3 Å². The van der Waals surface area contributed by atoms with E-state index >= 15 is 0 Å². The summed E-state index contributed by atoms with van der Waals surface area (Å²) >= 11 is 0. The number of amides is 1. The first-order valence-corrected chi connectivity index (χ1v) is 14.1. The van der Waals surface area contributed by atoms with Gasteiger partial charge in [-0.25, -0.2) is 4.98 Å². The lowest BCUT2D eigenvalue weighted by Crippen LogP contribution is -2.44. The molecule has 4 aromatic rings. The van der Waals surface area contributed by atoms with Gasteiger partial charge in [-0.15, -0.1) is 0 Å². The minimum atomic E-state index is -0.162. The average Bonchev–Trinajstić information content (AvgIpc) is 3.37. The van der Waals surface area contributed by atoms with E-state index in [4.69, 9.17) is 23.9 Å². The molecule has 1 aromatic heterocycles. The number of ether oxygens (including phenoxy) is 4. The van der Waals surface area contributed by atoms with E-state index in [-0.39, 0.29) is 5.91 Å². The van der Waals surface area contributed by atoms with Crippen LogP contribution in [0.2, 0.25) is 0 Å². The molecule has 9 heteroatoms. The summed E-state index contributed by atoms with van der Waals surface area (Å²) < 4.78 is 23.2. The molecule has 3 aromatic carbocycles. The van der Waals surface area contributed by atoms with Crippen molar-refractivity contribution in [2.24, 2.45) is 0 Å². The molecule has 1 fully saturated rings. The molecule has 6 rings (SSSR count). The quantitative estimate of drug-likeness (QED) is 0.287. The largest absolute Gasteiger partial charge is 0.497 e.